The number of aliphatic hydroxyl groups is 1. The SMILES string of the molecule is NCC1CCC(C(=O)N2CC[C@@H](O)C2)CC1. The monoisotopic (exact) mass is 226 g/mol. The van der Waals surface area contributed by atoms with Crippen LogP contribution in [0.3, 0.4) is 0 Å². The lowest BCUT2D eigenvalue weighted by Gasteiger charge is -2.29. The van der Waals surface area contributed by atoms with Crippen molar-refractivity contribution in [1.29, 1.82) is 0 Å². The maximum Gasteiger partial charge on any atom is 0.225 e. The molecule has 1 heterocycles. The summed E-state index contributed by atoms with van der Waals surface area (Å²) in [5.41, 5.74) is 5.64. The molecule has 0 unspecified atom stereocenters. The van der Waals surface area contributed by atoms with Crippen LogP contribution in [0.5, 0.6) is 0 Å². The minimum absolute atomic E-state index is 0.188. The van der Waals surface area contributed by atoms with E-state index in [1.54, 1.807) is 0 Å². The molecule has 4 nitrogen and oxygen atoms in total. The third-order valence-electron chi connectivity index (χ3n) is 4.00. The number of amides is 1. The highest BCUT2D eigenvalue weighted by Gasteiger charge is 2.32. The molecule has 1 aliphatic carbocycles. The second kappa shape index (κ2) is 5.15. The predicted molar refractivity (Wildman–Crippen MR) is 61.7 cm³/mol. The van der Waals surface area contributed by atoms with Gasteiger partial charge in [-0.25, -0.2) is 0 Å². The molecule has 0 spiro atoms. The number of carbonyl (C=O) groups is 1. The van der Waals surface area contributed by atoms with Gasteiger partial charge in [-0.1, -0.05) is 0 Å². The van der Waals surface area contributed by atoms with Gasteiger partial charge in [-0.3, -0.25) is 4.79 Å². The minimum Gasteiger partial charge on any atom is -0.391 e. The Bertz CT molecular complexity index is 249. The molecule has 1 atom stereocenters. The molecule has 1 saturated heterocycles. The van der Waals surface area contributed by atoms with Gasteiger partial charge in [0, 0.05) is 19.0 Å². The van der Waals surface area contributed by atoms with E-state index >= 15 is 0 Å². The first-order valence-corrected chi connectivity index (χ1v) is 6.37. The molecule has 2 aliphatic rings. The summed E-state index contributed by atoms with van der Waals surface area (Å²) < 4.78 is 0. The van der Waals surface area contributed by atoms with E-state index in [9.17, 15) is 9.90 Å². The fraction of sp³-hybridized carbons (Fsp3) is 0.917. The van der Waals surface area contributed by atoms with Crippen LogP contribution in [0.25, 0.3) is 0 Å². The second-order valence-corrected chi connectivity index (χ2v) is 5.18. The molecule has 0 aromatic rings. The third-order valence-corrected chi connectivity index (χ3v) is 4.00. The number of carbonyl (C=O) groups excluding carboxylic acids is 1. The lowest BCUT2D eigenvalue weighted by atomic mass is 9.81. The number of rotatable bonds is 2. The summed E-state index contributed by atoms with van der Waals surface area (Å²) in [6.07, 6.45) is 4.57. The third kappa shape index (κ3) is 2.55. The smallest absolute Gasteiger partial charge is 0.225 e. The molecule has 1 amide bonds. The molecule has 0 aromatic carbocycles. The highest BCUT2D eigenvalue weighted by molar-refractivity contribution is 5.79. The molecular weight excluding hydrogens is 204 g/mol. The summed E-state index contributed by atoms with van der Waals surface area (Å²) >= 11 is 0. The topological polar surface area (TPSA) is 66.6 Å². The van der Waals surface area contributed by atoms with Crippen molar-refractivity contribution in [1.82, 2.24) is 4.90 Å². The van der Waals surface area contributed by atoms with Gasteiger partial charge in [-0.15, -0.1) is 0 Å². The first-order chi connectivity index (χ1) is 7.70. The summed E-state index contributed by atoms with van der Waals surface area (Å²) in [6.45, 7) is 2.02. The summed E-state index contributed by atoms with van der Waals surface area (Å²) in [5, 5.41) is 9.42. The van der Waals surface area contributed by atoms with Gasteiger partial charge in [0.05, 0.1) is 6.10 Å². The van der Waals surface area contributed by atoms with Gasteiger partial charge in [0.2, 0.25) is 5.91 Å². The number of likely N-dealkylation sites (tertiary alicyclic amines) is 1. The van der Waals surface area contributed by atoms with E-state index in [-0.39, 0.29) is 17.9 Å². The number of hydrogen-bond donors (Lipinski definition) is 2. The van der Waals surface area contributed by atoms with E-state index in [1.807, 2.05) is 4.90 Å². The Labute approximate surface area is 96.8 Å². The fourth-order valence-corrected chi connectivity index (χ4v) is 2.85. The van der Waals surface area contributed by atoms with Gasteiger partial charge < -0.3 is 15.7 Å². The summed E-state index contributed by atoms with van der Waals surface area (Å²) in [6, 6.07) is 0. The van der Waals surface area contributed by atoms with Crippen molar-refractivity contribution < 1.29 is 9.90 Å². The van der Waals surface area contributed by atoms with Gasteiger partial charge in [-0.05, 0) is 44.6 Å². The molecule has 92 valence electrons. The van der Waals surface area contributed by atoms with Crippen LogP contribution < -0.4 is 5.73 Å². The molecular formula is C12H22N2O2. The summed E-state index contributed by atoms with van der Waals surface area (Å²) in [7, 11) is 0. The van der Waals surface area contributed by atoms with E-state index in [2.05, 4.69) is 0 Å². The Kier molecular flexibility index (Phi) is 3.82. The van der Waals surface area contributed by atoms with Crippen LogP contribution >= 0.6 is 0 Å². The Morgan fingerprint density at radius 3 is 2.44 bits per heavy atom. The molecule has 16 heavy (non-hydrogen) atoms. The zero-order chi connectivity index (χ0) is 11.5. The zero-order valence-corrected chi connectivity index (χ0v) is 9.77. The van der Waals surface area contributed by atoms with Crippen LogP contribution in [0.1, 0.15) is 32.1 Å². The van der Waals surface area contributed by atoms with Crippen LogP contribution in [0.4, 0.5) is 0 Å². The maximum absolute atomic E-state index is 12.1. The van der Waals surface area contributed by atoms with Gasteiger partial charge >= 0.3 is 0 Å². The lowest BCUT2D eigenvalue weighted by Crippen LogP contribution is -2.37. The maximum atomic E-state index is 12.1. The Hall–Kier alpha value is -0.610. The number of β-amino-alcohol motifs (C(OH)–C–C–N with tert-alkyl or cyclic N) is 1. The van der Waals surface area contributed by atoms with E-state index in [4.69, 9.17) is 5.73 Å². The number of nitrogens with two attached hydrogens (primary N) is 1. The highest BCUT2D eigenvalue weighted by Crippen LogP contribution is 2.30. The average molecular weight is 226 g/mol. The van der Waals surface area contributed by atoms with Gasteiger partial charge in [0.15, 0.2) is 0 Å². The van der Waals surface area contributed by atoms with Crippen LogP contribution in [-0.4, -0.2) is 41.7 Å². The largest absolute Gasteiger partial charge is 0.391 e. The Balaban J connectivity index is 1.82. The molecule has 0 radical (unpaired) electrons. The van der Waals surface area contributed by atoms with Gasteiger partial charge in [0.25, 0.3) is 0 Å². The first-order valence-electron chi connectivity index (χ1n) is 6.37. The summed E-state index contributed by atoms with van der Waals surface area (Å²) in [4.78, 5) is 14.0. The van der Waals surface area contributed by atoms with Crippen LogP contribution in [0, 0.1) is 11.8 Å². The fourth-order valence-electron chi connectivity index (χ4n) is 2.85. The normalized spacial score (nSPS) is 35.4. The van der Waals surface area contributed by atoms with Crippen LogP contribution in [0.2, 0.25) is 0 Å². The van der Waals surface area contributed by atoms with Gasteiger partial charge in [0.1, 0.15) is 0 Å². The number of aliphatic hydroxyl groups excluding tert-OH is 1. The highest BCUT2D eigenvalue weighted by atomic mass is 16.3. The van der Waals surface area contributed by atoms with E-state index in [0.717, 1.165) is 45.2 Å². The van der Waals surface area contributed by atoms with E-state index in [0.29, 0.717) is 12.5 Å². The molecule has 2 fully saturated rings. The predicted octanol–water partition coefficient (Wildman–Crippen LogP) is 0.345. The Morgan fingerprint density at radius 1 is 1.25 bits per heavy atom. The van der Waals surface area contributed by atoms with Crippen molar-refractivity contribution in [2.75, 3.05) is 19.6 Å². The van der Waals surface area contributed by atoms with Crippen molar-refractivity contribution in [2.45, 2.75) is 38.2 Å². The van der Waals surface area contributed by atoms with Crippen molar-refractivity contribution in [3.8, 4) is 0 Å². The van der Waals surface area contributed by atoms with Crippen molar-refractivity contribution in [3.63, 3.8) is 0 Å². The molecule has 3 N–H and O–H groups in total. The molecule has 0 bridgehead atoms. The molecule has 1 saturated carbocycles. The van der Waals surface area contributed by atoms with Crippen LogP contribution in [-0.2, 0) is 4.79 Å². The minimum atomic E-state index is -0.302. The van der Waals surface area contributed by atoms with Crippen molar-refractivity contribution >= 4 is 5.91 Å². The number of nitrogens with zero attached hydrogens (tertiary/aromatic N) is 1. The quantitative estimate of drug-likeness (QED) is 0.714. The summed E-state index contributed by atoms with van der Waals surface area (Å²) in [5.74, 6) is 1.06. The first kappa shape index (κ1) is 11.9. The molecule has 0 aromatic heterocycles. The standard InChI is InChI=1S/C12H22N2O2/c13-7-9-1-3-10(4-2-9)12(16)14-6-5-11(15)8-14/h9-11,15H,1-8,13H2/t9?,10?,11-/m1/s1. The van der Waals surface area contributed by atoms with E-state index < -0.39 is 0 Å². The van der Waals surface area contributed by atoms with Crippen molar-refractivity contribution in [3.05, 3.63) is 0 Å². The zero-order valence-electron chi connectivity index (χ0n) is 9.77. The second-order valence-electron chi connectivity index (χ2n) is 5.18. The van der Waals surface area contributed by atoms with Crippen LogP contribution in [0.15, 0.2) is 0 Å². The van der Waals surface area contributed by atoms with Crippen molar-refractivity contribution in [2.24, 2.45) is 17.6 Å². The molecule has 4 heteroatoms. The Morgan fingerprint density at radius 2 is 1.94 bits per heavy atom. The lowest BCUT2D eigenvalue weighted by molar-refractivity contribution is -0.136. The number of hydrogen-bond acceptors (Lipinski definition) is 3. The molecule has 2 rings (SSSR count). The average Bonchev–Trinajstić information content (AvgIpc) is 2.75. The van der Waals surface area contributed by atoms with Gasteiger partial charge in [-0.2, -0.15) is 0 Å². The van der Waals surface area contributed by atoms with E-state index in [1.165, 1.54) is 0 Å². The molecule has 1 aliphatic heterocycles.